The van der Waals surface area contributed by atoms with Crippen LogP contribution in [0.15, 0.2) is 31.9 Å². The maximum Gasteiger partial charge on any atom is 0.336 e. The molecule has 0 aliphatic rings. The zero-order valence-corrected chi connectivity index (χ0v) is 8.95. The Labute approximate surface area is 92.3 Å². The van der Waals surface area contributed by atoms with Crippen molar-refractivity contribution in [1.29, 1.82) is 0 Å². The number of carbonyl (C=O) groups excluding carboxylic acids is 1. The quantitative estimate of drug-likeness (QED) is 0.635. The Kier molecular flexibility index (Phi) is 2.32. The van der Waals surface area contributed by atoms with Crippen molar-refractivity contribution in [1.82, 2.24) is 0 Å². The van der Waals surface area contributed by atoms with Crippen LogP contribution in [0.4, 0.5) is 0 Å². The molecule has 0 saturated heterocycles. The van der Waals surface area contributed by atoms with E-state index < -0.39 is 5.63 Å². The Morgan fingerprint density at radius 1 is 1.33 bits per heavy atom. The molecule has 0 atom stereocenters. The van der Waals surface area contributed by atoms with E-state index in [9.17, 15) is 14.7 Å². The molecule has 0 spiro atoms. The molecule has 5 heteroatoms. The van der Waals surface area contributed by atoms with Crippen LogP contribution < -0.4 is 5.63 Å². The van der Waals surface area contributed by atoms with Gasteiger partial charge in [0.15, 0.2) is 6.29 Å². The third kappa shape index (κ3) is 1.66. The number of carbonyl (C=O) groups is 1. The van der Waals surface area contributed by atoms with E-state index >= 15 is 0 Å². The van der Waals surface area contributed by atoms with Crippen LogP contribution in [0.5, 0.6) is 5.75 Å². The average Bonchev–Trinajstić information content (AvgIpc) is 2.19. The lowest BCUT2D eigenvalue weighted by molar-refractivity contribution is 0.112. The Hall–Kier alpha value is -1.62. The molecule has 1 aromatic carbocycles. The minimum absolute atomic E-state index is 0.0475. The monoisotopic (exact) mass is 268 g/mol. The number of halogens is 1. The highest BCUT2D eigenvalue weighted by Crippen LogP contribution is 2.29. The second-order valence-electron chi connectivity index (χ2n) is 2.94. The molecule has 1 heterocycles. The first-order valence-electron chi connectivity index (χ1n) is 4.03. The first-order valence-corrected chi connectivity index (χ1v) is 4.82. The number of hydrogen-bond acceptors (Lipinski definition) is 4. The van der Waals surface area contributed by atoms with Gasteiger partial charge in [-0.25, -0.2) is 4.79 Å². The third-order valence-electron chi connectivity index (χ3n) is 1.97. The Morgan fingerprint density at radius 2 is 2.07 bits per heavy atom. The molecule has 1 N–H and O–H groups in total. The molecule has 1 aromatic heterocycles. The van der Waals surface area contributed by atoms with Crippen molar-refractivity contribution < 1.29 is 14.3 Å². The molecule has 0 aliphatic heterocycles. The molecule has 2 rings (SSSR count). The van der Waals surface area contributed by atoms with Gasteiger partial charge < -0.3 is 9.52 Å². The molecule has 15 heavy (non-hydrogen) atoms. The summed E-state index contributed by atoms with van der Waals surface area (Å²) < 4.78 is 5.28. The van der Waals surface area contributed by atoms with Crippen LogP contribution >= 0.6 is 15.9 Å². The number of phenols is 1. The van der Waals surface area contributed by atoms with Crippen molar-refractivity contribution in [3.63, 3.8) is 0 Å². The Balaban J connectivity index is 2.97. The number of rotatable bonds is 1. The van der Waals surface area contributed by atoms with Gasteiger partial charge >= 0.3 is 5.63 Å². The minimum Gasteiger partial charge on any atom is -0.507 e. The van der Waals surface area contributed by atoms with E-state index in [1.165, 1.54) is 12.1 Å². The van der Waals surface area contributed by atoms with E-state index in [0.717, 1.165) is 6.07 Å². The van der Waals surface area contributed by atoms with Crippen LogP contribution in [-0.4, -0.2) is 11.4 Å². The van der Waals surface area contributed by atoms with E-state index in [0.29, 0.717) is 16.1 Å². The minimum atomic E-state index is -0.619. The van der Waals surface area contributed by atoms with Crippen molar-refractivity contribution in [3.8, 4) is 5.75 Å². The van der Waals surface area contributed by atoms with Crippen LogP contribution in [0, 0.1) is 0 Å². The van der Waals surface area contributed by atoms with Crippen molar-refractivity contribution in [2.45, 2.75) is 0 Å². The number of aldehydes is 1. The molecule has 2 aromatic rings. The molecule has 0 amide bonds. The van der Waals surface area contributed by atoms with Crippen molar-refractivity contribution in [3.05, 3.63) is 38.7 Å². The summed E-state index contributed by atoms with van der Waals surface area (Å²) in [4.78, 5) is 21.8. The first kappa shape index (κ1) is 9.92. The van der Waals surface area contributed by atoms with Gasteiger partial charge in [-0.3, -0.25) is 4.79 Å². The fourth-order valence-corrected chi connectivity index (χ4v) is 1.64. The smallest absolute Gasteiger partial charge is 0.336 e. The van der Waals surface area contributed by atoms with Crippen LogP contribution in [0.3, 0.4) is 0 Å². The predicted molar refractivity (Wildman–Crippen MR) is 57.2 cm³/mol. The summed E-state index contributed by atoms with van der Waals surface area (Å²) in [5.74, 6) is -0.0475. The highest BCUT2D eigenvalue weighted by atomic mass is 79.9. The van der Waals surface area contributed by atoms with E-state index in [2.05, 4.69) is 15.9 Å². The van der Waals surface area contributed by atoms with Crippen molar-refractivity contribution >= 4 is 33.2 Å². The molecule has 4 nitrogen and oxygen atoms in total. The van der Waals surface area contributed by atoms with Gasteiger partial charge in [0.25, 0.3) is 0 Å². The van der Waals surface area contributed by atoms with Gasteiger partial charge in [-0.15, -0.1) is 0 Å². The van der Waals surface area contributed by atoms with E-state index in [4.69, 9.17) is 4.42 Å². The van der Waals surface area contributed by atoms with Gasteiger partial charge in [-0.1, -0.05) is 0 Å². The standard InChI is InChI=1S/C10H5BrO4/c11-7-2-6-5(4-12)1-10(14)15-9(6)3-8(7)13/h1-4,13H. The fourth-order valence-electron chi connectivity index (χ4n) is 1.29. The lowest BCUT2D eigenvalue weighted by Crippen LogP contribution is -1.99. The Bertz CT molecular complexity index is 600. The van der Waals surface area contributed by atoms with Gasteiger partial charge in [0.2, 0.25) is 0 Å². The molecular weight excluding hydrogens is 264 g/mol. The largest absolute Gasteiger partial charge is 0.507 e. The van der Waals surface area contributed by atoms with Crippen molar-refractivity contribution in [2.75, 3.05) is 0 Å². The third-order valence-corrected chi connectivity index (χ3v) is 2.61. The first-order chi connectivity index (χ1) is 7.11. The Morgan fingerprint density at radius 3 is 2.73 bits per heavy atom. The molecule has 0 fully saturated rings. The zero-order chi connectivity index (χ0) is 11.0. The number of fused-ring (bicyclic) bond motifs is 1. The highest BCUT2D eigenvalue weighted by Gasteiger charge is 2.08. The summed E-state index contributed by atoms with van der Waals surface area (Å²) in [6.45, 7) is 0. The maximum atomic E-state index is 11.0. The second-order valence-corrected chi connectivity index (χ2v) is 3.79. The number of phenolic OH excluding ortho intramolecular Hbond substituents is 1. The molecule has 0 saturated carbocycles. The normalized spacial score (nSPS) is 10.5. The topological polar surface area (TPSA) is 67.5 Å². The van der Waals surface area contributed by atoms with Gasteiger partial charge in [0.05, 0.1) is 4.47 Å². The van der Waals surface area contributed by atoms with Crippen LogP contribution in [0.1, 0.15) is 10.4 Å². The van der Waals surface area contributed by atoms with E-state index in [1.807, 2.05) is 0 Å². The lowest BCUT2D eigenvalue weighted by atomic mass is 10.1. The number of aromatic hydroxyl groups is 1. The van der Waals surface area contributed by atoms with E-state index in [-0.39, 0.29) is 16.9 Å². The average molecular weight is 269 g/mol. The second kappa shape index (κ2) is 3.51. The van der Waals surface area contributed by atoms with Gasteiger partial charge in [-0.2, -0.15) is 0 Å². The lowest BCUT2D eigenvalue weighted by Gasteiger charge is -2.01. The summed E-state index contributed by atoms with van der Waals surface area (Å²) in [5, 5.41) is 9.86. The summed E-state index contributed by atoms with van der Waals surface area (Å²) in [6, 6.07) is 3.92. The van der Waals surface area contributed by atoms with Gasteiger partial charge in [-0.05, 0) is 22.0 Å². The fraction of sp³-hybridized carbons (Fsp3) is 0. The molecule has 0 unspecified atom stereocenters. The predicted octanol–water partition coefficient (Wildman–Crippen LogP) is 2.07. The summed E-state index contributed by atoms with van der Waals surface area (Å²) in [7, 11) is 0. The molecular formula is C10H5BrO4. The van der Waals surface area contributed by atoms with Crippen LogP contribution in [-0.2, 0) is 0 Å². The van der Waals surface area contributed by atoms with Gasteiger partial charge in [0.1, 0.15) is 11.3 Å². The zero-order valence-electron chi connectivity index (χ0n) is 7.36. The van der Waals surface area contributed by atoms with Crippen LogP contribution in [0.2, 0.25) is 0 Å². The molecule has 0 radical (unpaired) electrons. The van der Waals surface area contributed by atoms with Crippen LogP contribution in [0.25, 0.3) is 11.0 Å². The summed E-state index contributed by atoms with van der Waals surface area (Å²) >= 11 is 3.11. The highest BCUT2D eigenvalue weighted by molar-refractivity contribution is 9.10. The maximum absolute atomic E-state index is 11.0. The van der Waals surface area contributed by atoms with Gasteiger partial charge in [0, 0.05) is 23.1 Å². The summed E-state index contributed by atoms with van der Waals surface area (Å²) in [6.07, 6.45) is 0.572. The molecule has 0 aliphatic carbocycles. The number of hydrogen-bond donors (Lipinski definition) is 1. The van der Waals surface area contributed by atoms with Crippen molar-refractivity contribution in [2.24, 2.45) is 0 Å². The SMILES string of the molecule is O=Cc1cc(=O)oc2cc(O)c(Br)cc12. The van der Waals surface area contributed by atoms with E-state index in [1.54, 1.807) is 0 Å². The molecule has 0 bridgehead atoms. The summed E-state index contributed by atoms with van der Waals surface area (Å²) in [5.41, 5.74) is -0.196. The number of benzene rings is 1. The molecule has 76 valence electrons.